The number of carbonyl (C=O) groups is 2. The van der Waals surface area contributed by atoms with Gasteiger partial charge in [0.05, 0.1) is 17.0 Å². The molecule has 2 aromatic rings. The van der Waals surface area contributed by atoms with Crippen LogP contribution in [0.2, 0.25) is 0 Å². The molecular weight excluding hydrogens is 439 g/mol. The molecule has 1 N–H and O–H groups in total. The summed E-state index contributed by atoms with van der Waals surface area (Å²) in [5.74, 6) is -2.01. The van der Waals surface area contributed by atoms with Gasteiger partial charge in [0.15, 0.2) is 6.61 Å². The van der Waals surface area contributed by atoms with Crippen LogP contribution < -0.4 is 10.1 Å². The maximum absolute atomic E-state index is 14.1. The molecule has 2 aromatic carbocycles. The molecule has 0 aliphatic carbocycles. The smallest absolute Gasteiger partial charge is 0.341 e. The molecule has 2 rings (SSSR count). The molecule has 1 amide bonds. The fourth-order valence-electron chi connectivity index (χ4n) is 2.86. The third kappa shape index (κ3) is 6.76. The Kier molecular flexibility index (Phi) is 9.15. The Bertz CT molecular complexity index is 1050. The zero-order chi connectivity index (χ0) is 23.7. The quantitative estimate of drug-likeness (QED) is 0.403. The van der Waals surface area contributed by atoms with Crippen LogP contribution in [0.15, 0.2) is 47.4 Å². The van der Waals surface area contributed by atoms with E-state index in [1.807, 2.05) is 25.1 Å². The summed E-state index contributed by atoms with van der Waals surface area (Å²) in [5.41, 5.74) is 0.480. The lowest BCUT2D eigenvalue weighted by Crippen LogP contribution is -2.32. The Labute approximate surface area is 187 Å². The van der Waals surface area contributed by atoms with E-state index in [2.05, 4.69) is 5.32 Å². The van der Waals surface area contributed by atoms with Crippen molar-refractivity contribution in [2.24, 2.45) is 0 Å². The minimum atomic E-state index is -3.88. The van der Waals surface area contributed by atoms with Crippen molar-refractivity contribution in [2.75, 3.05) is 32.8 Å². The zero-order valence-electron chi connectivity index (χ0n) is 18.3. The standard InChI is InChI=1S/C22H27FN2O6S/c1-4-25(5-2)32(28,29)18-9-10-20(23)19(14-18)22(27)31-15-21(26)24-11-12-30-17-8-6-7-16(3)13-17/h6-10,13-14H,4-5,11-12,15H2,1-3H3,(H,24,26). The van der Waals surface area contributed by atoms with Gasteiger partial charge in [0.1, 0.15) is 18.2 Å². The van der Waals surface area contributed by atoms with Crippen LogP contribution in [-0.2, 0) is 19.6 Å². The van der Waals surface area contributed by atoms with Crippen molar-refractivity contribution in [1.29, 1.82) is 0 Å². The van der Waals surface area contributed by atoms with Gasteiger partial charge in [0, 0.05) is 13.1 Å². The predicted molar refractivity (Wildman–Crippen MR) is 116 cm³/mol. The first-order chi connectivity index (χ1) is 15.2. The van der Waals surface area contributed by atoms with E-state index < -0.39 is 39.9 Å². The number of rotatable bonds is 11. The molecule has 0 aliphatic rings. The van der Waals surface area contributed by atoms with E-state index >= 15 is 0 Å². The summed E-state index contributed by atoms with van der Waals surface area (Å²) in [6.07, 6.45) is 0. The number of amides is 1. The van der Waals surface area contributed by atoms with Crippen LogP contribution >= 0.6 is 0 Å². The summed E-state index contributed by atoms with van der Waals surface area (Å²) in [5, 5.41) is 2.52. The highest BCUT2D eigenvalue weighted by molar-refractivity contribution is 7.89. The highest BCUT2D eigenvalue weighted by Crippen LogP contribution is 2.20. The lowest BCUT2D eigenvalue weighted by molar-refractivity contribution is -0.124. The number of benzene rings is 2. The van der Waals surface area contributed by atoms with Crippen LogP contribution in [0.5, 0.6) is 5.75 Å². The van der Waals surface area contributed by atoms with Crippen LogP contribution in [-0.4, -0.2) is 57.4 Å². The molecule has 0 atom stereocenters. The van der Waals surface area contributed by atoms with Gasteiger partial charge in [0.2, 0.25) is 10.0 Å². The molecule has 0 aromatic heterocycles. The lowest BCUT2D eigenvalue weighted by atomic mass is 10.2. The van der Waals surface area contributed by atoms with E-state index in [9.17, 15) is 22.4 Å². The predicted octanol–water partition coefficient (Wildman–Crippen LogP) is 2.52. The molecule has 0 bridgehead atoms. The highest BCUT2D eigenvalue weighted by atomic mass is 32.2. The second kappa shape index (κ2) is 11.6. The number of carbonyl (C=O) groups excluding carboxylic acids is 2. The maximum atomic E-state index is 14.1. The first-order valence-corrected chi connectivity index (χ1v) is 11.6. The summed E-state index contributed by atoms with van der Waals surface area (Å²) in [6, 6.07) is 10.3. The number of ether oxygens (including phenoxy) is 2. The second-order valence-corrected chi connectivity index (χ2v) is 8.76. The van der Waals surface area contributed by atoms with Crippen molar-refractivity contribution in [1.82, 2.24) is 9.62 Å². The van der Waals surface area contributed by atoms with Gasteiger partial charge in [-0.3, -0.25) is 4.79 Å². The van der Waals surface area contributed by atoms with E-state index in [1.54, 1.807) is 19.9 Å². The van der Waals surface area contributed by atoms with Crippen LogP contribution in [0.1, 0.15) is 29.8 Å². The van der Waals surface area contributed by atoms with Gasteiger partial charge in [-0.2, -0.15) is 4.31 Å². The fraction of sp³-hybridized carbons (Fsp3) is 0.364. The van der Waals surface area contributed by atoms with Gasteiger partial charge < -0.3 is 14.8 Å². The maximum Gasteiger partial charge on any atom is 0.341 e. The molecule has 0 unspecified atom stereocenters. The summed E-state index contributed by atoms with van der Waals surface area (Å²) in [7, 11) is -3.88. The number of aryl methyl sites for hydroxylation is 1. The lowest BCUT2D eigenvalue weighted by Gasteiger charge is -2.18. The minimum absolute atomic E-state index is 0.177. The van der Waals surface area contributed by atoms with Crippen molar-refractivity contribution in [3.63, 3.8) is 0 Å². The van der Waals surface area contributed by atoms with Crippen molar-refractivity contribution < 1.29 is 31.9 Å². The van der Waals surface area contributed by atoms with Crippen molar-refractivity contribution >= 4 is 21.9 Å². The van der Waals surface area contributed by atoms with Gasteiger partial charge in [-0.15, -0.1) is 0 Å². The molecule has 32 heavy (non-hydrogen) atoms. The van der Waals surface area contributed by atoms with E-state index in [1.165, 1.54) is 4.31 Å². The van der Waals surface area contributed by atoms with Crippen molar-refractivity contribution in [3.8, 4) is 5.75 Å². The molecular formula is C22H27FN2O6S. The molecule has 10 heteroatoms. The average Bonchev–Trinajstić information content (AvgIpc) is 2.76. The molecule has 0 saturated heterocycles. The SMILES string of the molecule is CCN(CC)S(=O)(=O)c1ccc(F)c(C(=O)OCC(=O)NCCOc2cccc(C)c2)c1. The fourth-order valence-corrected chi connectivity index (χ4v) is 4.34. The van der Waals surface area contributed by atoms with Gasteiger partial charge in [-0.05, 0) is 42.8 Å². The van der Waals surface area contributed by atoms with Crippen LogP contribution in [0.3, 0.4) is 0 Å². The summed E-state index contributed by atoms with van der Waals surface area (Å²) < 4.78 is 50.8. The molecule has 0 heterocycles. The number of sulfonamides is 1. The first kappa shape index (κ1) is 25.3. The first-order valence-electron chi connectivity index (χ1n) is 10.1. The topological polar surface area (TPSA) is 102 Å². The van der Waals surface area contributed by atoms with Crippen LogP contribution in [0.4, 0.5) is 4.39 Å². The van der Waals surface area contributed by atoms with Gasteiger partial charge in [0.25, 0.3) is 5.91 Å². The molecule has 174 valence electrons. The zero-order valence-corrected chi connectivity index (χ0v) is 19.1. The average molecular weight is 467 g/mol. The van der Waals surface area contributed by atoms with Crippen LogP contribution in [0, 0.1) is 12.7 Å². The number of nitrogens with one attached hydrogen (secondary N) is 1. The van der Waals surface area contributed by atoms with E-state index in [-0.39, 0.29) is 31.1 Å². The van der Waals surface area contributed by atoms with Gasteiger partial charge >= 0.3 is 5.97 Å². The van der Waals surface area contributed by atoms with E-state index in [0.717, 1.165) is 23.8 Å². The summed E-state index contributed by atoms with van der Waals surface area (Å²) >= 11 is 0. The van der Waals surface area contributed by atoms with Gasteiger partial charge in [-0.25, -0.2) is 17.6 Å². The van der Waals surface area contributed by atoms with Crippen molar-refractivity contribution in [3.05, 3.63) is 59.4 Å². The number of nitrogens with zero attached hydrogens (tertiary/aromatic N) is 1. The Morgan fingerprint density at radius 2 is 1.81 bits per heavy atom. The van der Waals surface area contributed by atoms with Gasteiger partial charge in [-0.1, -0.05) is 26.0 Å². The van der Waals surface area contributed by atoms with E-state index in [0.29, 0.717) is 5.75 Å². The van der Waals surface area contributed by atoms with E-state index in [4.69, 9.17) is 9.47 Å². The molecule has 0 fully saturated rings. The number of hydrogen-bond donors (Lipinski definition) is 1. The molecule has 8 nitrogen and oxygen atoms in total. The summed E-state index contributed by atoms with van der Waals surface area (Å²) in [4.78, 5) is 23.9. The number of hydrogen-bond acceptors (Lipinski definition) is 6. The largest absolute Gasteiger partial charge is 0.492 e. The normalized spacial score (nSPS) is 11.3. The Morgan fingerprint density at radius 1 is 1.09 bits per heavy atom. The summed E-state index contributed by atoms with van der Waals surface area (Å²) in [6.45, 7) is 5.47. The van der Waals surface area contributed by atoms with Crippen molar-refractivity contribution in [2.45, 2.75) is 25.7 Å². The number of esters is 1. The highest BCUT2D eigenvalue weighted by Gasteiger charge is 2.25. The number of halogens is 1. The Balaban J connectivity index is 1.90. The minimum Gasteiger partial charge on any atom is -0.492 e. The Hall–Kier alpha value is -2.98. The second-order valence-electron chi connectivity index (χ2n) is 6.82. The molecule has 0 aliphatic heterocycles. The molecule has 0 radical (unpaired) electrons. The third-order valence-corrected chi connectivity index (χ3v) is 6.56. The molecule has 0 saturated carbocycles. The monoisotopic (exact) mass is 466 g/mol. The van der Waals surface area contributed by atoms with Crippen LogP contribution in [0.25, 0.3) is 0 Å². The Morgan fingerprint density at radius 3 is 2.47 bits per heavy atom. The third-order valence-electron chi connectivity index (χ3n) is 4.52. The molecule has 0 spiro atoms.